The topological polar surface area (TPSA) is 96.4 Å². The lowest BCUT2D eigenvalue weighted by molar-refractivity contribution is -0.137. The van der Waals surface area contributed by atoms with Crippen molar-refractivity contribution in [3.8, 4) is 0 Å². The first-order valence-electron chi connectivity index (χ1n) is 11.7. The molecular weight excluding hydrogens is 424 g/mol. The first-order valence-corrected chi connectivity index (χ1v) is 11.7. The third-order valence-electron chi connectivity index (χ3n) is 7.06. The number of cyclic esters (lactones) is 1. The largest absolute Gasteiger partial charge is 0.444 e. The van der Waals surface area contributed by atoms with Crippen molar-refractivity contribution in [3.63, 3.8) is 0 Å². The molecule has 4 rings (SSSR count). The Kier molecular flexibility index (Phi) is 5.93. The van der Waals surface area contributed by atoms with Crippen molar-refractivity contribution >= 4 is 18.1 Å². The van der Waals surface area contributed by atoms with Gasteiger partial charge in [-0.3, -0.25) is 4.79 Å². The monoisotopic (exact) mass is 458 g/mol. The third-order valence-corrected chi connectivity index (χ3v) is 7.06. The van der Waals surface area contributed by atoms with Crippen molar-refractivity contribution in [2.24, 2.45) is 11.3 Å². The number of ether oxygens (including phenoxy) is 2. The predicted octanol–water partition coefficient (Wildman–Crippen LogP) is 3.88. The average molecular weight is 459 g/mol. The van der Waals surface area contributed by atoms with Gasteiger partial charge in [0.25, 0.3) is 0 Å². The van der Waals surface area contributed by atoms with Gasteiger partial charge in [0.1, 0.15) is 11.7 Å². The molecule has 180 valence electrons. The van der Waals surface area contributed by atoms with Gasteiger partial charge in [0, 0.05) is 6.54 Å². The zero-order valence-electron chi connectivity index (χ0n) is 20.0. The first kappa shape index (κ1) is 23.5. The summed E-state index contributed by atoms with van der Waals surface area (Å²) >= 11 is 0. The van der Waals surface area contributed by atoms with Crippen LogP contribution in [0.4, 0.5) is 9.59 Å². The summed E-state index contributed by atoms with van der Waals surface area (Å²) < 4.78 is 11.1. The van der Waals surface area contributed by atoms with E-state index in [0.717, 1.165) is 23.3 Å². The summed E-state index contributed by atoms with van der Waals surface area (Å²) in [6.07, 6.45) is -0.273. The number of likely N-dealkylation sites (tertiary alicyclic amines) is 1. The summed E-state index contributed by atoms with van der Waals surface area (Å²) in [6, 6.07) is 8.23. The van der Waals surface area contributed by atoms with Crippen molar-refractivity contribution < 1.29 is 29.0 Å². The number of aliphatic hydroxyl groups excluding tert-OH is 1. The molecule has 1 spiro atoms. The highest BCUT2D eigenvalue weighted by atomic mass is 16.6. The highest BCUT2D eigenvalue weighted by Gasteiger charge is 2.57. The molecule has 1 aromatic carbocycles. The van der Waals surface area contributed by atoms with Gasteiger partial charge in [0.15, 0.2) is 0 Å². The van der Waals surface area contributed by atoms with Gasteiger partial charge in [-0.2, -0.15) is 0 Å². The van der Waals surface area contributed by atoms with Crippen molar-refractivity contribution in [1.82, 2.24) is 9.80 Å². The number of carbonyl (C=O) groups is 3. The van der Waals surface area contributed by atoms with Gasteiger partial charge >= 0.3 is 12.2 Å². The SMILES string of the molecule is C[C@@H]1[C@H](c2ccccc2)OC(=O)N1C(=O)[C@H](C)[C@@H](O)C1CC2(CC2)CN1C(=O)OC(C)(C)C. The Balaban J connectivity index is 1.49. The lowest BCUT2D eigenvalue weighted by atomic mass is 9.91. The third kappa shape index (κ3) is 4.58. The molecule has 3 amide bonds. The van der Waals surface area contributed by atoms with Crippen LogP contribution < -0.4 is 0 Å². The maximum atomic E-state index is 13.4. The van der Waals surface area contributed by atoms with Crippen LogP contribution in [0, 0.1) is 11.3 Å². The summed E-state index contributed by atoms with van der Waals surface area (Å²) in [6.45, 7) is 9.29. The lowest BCUT2D eigenvalue weighted by Crippen LogP contribution is -2.51. The van der Waals surface area contributed by atoms with Crippen LogP contribution >= 0.6 is 0 Å². The van der Waals surface area contributed by atoms with Gasteiger partial charge in [0.2, 0.25) is 5.91 Å². The van der Waals surface area contributed by atoms with E-state index < -0.39 is 53.9 Å². The summed E-state index contributed by atoms with van der Waals surface area (Å²) in [4.78, 5) is 41.5. The molecular formula is C25H34N2O6. The molecule has 2 saturated heterocycles. The molecule has 5 atom stereocenters. The van der Waals surface area contributed by atoms with Gasteiger partial charge < -0.3 is 19.5 Å². The van der Waals surface area contributed by atoms with Crippen LogP contribution in [0.3, 0.4) is 0 Å². The Morgan fingerprint density at radius 2 is 1.85 bits per heavy atom. The summed E-state index contributed by atoms with van der Waals surface area (Å²) in [5, 5.41) is 11.2. The average Bonchev–Trinajstić information content (AvgIpc) is 3.29. The molecule has 1 saturated carbocycles. The lowest BCUT2D eigenvalue weighted by Gasteiger charge is -2.33. The molecule has 3 fully saturated rings. The van der Waals surface area contributed by atoms with Gasteiger partial charge in [-0.15, -0.1) is 0 Å². The van der Waals surface area contributed by atoms with Crippen LogP contribution in [0.2, 0.25) is 0 Å². The first-order chi connectivity index (χ1) is 15.4. The number of hydrogen-bond acceptors (Lipinski definition) is 6. The van der Waals surface area contributed by atoms with Crippen molar-refractivity contribution in [1.29, 1.82) is 0 Å². The van der Waals surface area contributed by atoms with E-state index in [4.69, 9.17) is 9.47 Å². The zero-order valence-corrected chi connectivity index (χ0v) is 20.0. The minimum Gasteiger partial charge on any atom is -0.444 e. The number of hydrogen-bond donors (Lipinski definition) is 1. The van der Waals surface area contributed by atoms with Crippen molar-refractivity contribution in [2.45, 2.75) is 83.8 Å². The smallest absolute Gasteiger partial charge is 0.417 e. The molecule has 3 aliphatic rings. The van der Waals surface area contributed by atoms with E-state index in [1.165, 1.54) is 0 Å². The van der Waals surface area contributed by atoms with E-state index >= 15 is 0 Å². The predicted molar refractivity (Wildman–Crippen MR) is 120 cm³/mol. The Hall–Kier alpha value is -2.61. The highest BCUT2D eigenvalue weighted by molar-refractivity contribution is 5.95. The van der Waals surface area contributed by atoms with Crippen molar-refractivity contribution in [3.05, 3.63) is 35.9 Å². The number of imide groups is 1. The van der Waals surface area contributed by atoms with E-state index in [2.05, 4.69) is 0 Å². The fourth-order valence-corrected chi connectivity index (χ4v) is 5.01. The standard InChI is InChI=1S/C25H34N2O6/c1-15(21(29)27-16(2)20(32-23(27)31)17-9-7-6-8-10-17)19(28)18-13-25(11-12-25)14-26(18)22(30)33-24(3,4)5/h6-10,15-16,18-20,28H,11-14H2,1-5H3/t15-,16-,18?,19-,20-/m1/s1. The van der Waals surface area contributed by atoms with E-state index in [1.54, 1.807) is 39.5 Å². The van der Waals surface area contributed by atoms with Crippen LogP contribution in [0.5, 0.6) is 0 Å². The second-order valence-electron chi connectivity index (χ2n) is 10.8. The Morgan fingerprint density at radius 1 is 1.21 bits per heavy atom. The van der Waals surface area contributed by atoms with Crippen LogP contribution in [0.25, 0.3) is 0 Å². The molecule has 1 aromatic rings. The van der Waals surface area contributed by atoms with Crippen LogP contribution in [0.1, 0.15) is 65.5 Å². The Morgan fingerprint density at radius 3 is 2.42 bits per heavy atom. The molecule has 0 bridgehead atoms. The normalized spacial score (nSPS) is 27.9. The second-order valence-corrected chi connectivity index (χ2v) is 10.8. The van der Waals surface area contributed by atoms with Gasteiger partial charge in [0.05, 0.1) is 24.1 Å². The maximum Gasteiger partial charge on any atom is 0.417 e. The van der Waals surface area contributed by atoms with E-state index in [-0.39, 0.29) is 5.41 Å². The molecule has 1 N–H and O–H groups in total. The van der Waals surface area contributed by atoms with Crippen LogP contribution in [-0.4, -0.2) is 63.3 Å². The number of nitrogens with zero attached hydrogens (tertiary/aromatic N) is 2. The van der Waals surface area contributed by atoms with E-state index in [1.807, 2.05) is 30.3 Å². The molecule has 0 radical (unpaired) electrons. The molecule has 8 nitrogen and oxygen atoms in total. The summed E-state index contributed by atoms with van der Waals surface area (Å²) in [5.74, 6) is -1.39. The van der Waals surface area contributed by atoms with Crippen molar-refractivity contribution in [2.75, 3.05) is 6.54 Å². The van der Waals surface area contributed by atoms with Gasteiger partial charge in [-0.05, 0) is 57.9 Å². The fraction of sp³-hybridized carbons (Fsp3) is 0.640. The van der Waals surface area contributed by atoms with Gasteiger partial charge in [-0.1, -0.05) is 37.3 Å². The molecule has 0 aromatic heterocycles. The number of benzene rings is 1. The molecule has 2 heterocycles. The summed E-state index contributed by atoms with van der Waals surface area (Å²) in [5.41, 5.74) is 0.155. The number of carbonyl (C=O) groups excluding carboxylic acids is 3. The molecule has 33 heavy (non-hydrogen) atoms. The maximum absolute atomic E-state index is 13.4. The number of aliphatic hydroxyl groups is 1. The minimum absolute atomic E-state index is 0.00356. The number of rotatable bonds is 4. The quantitative estimate of drug-likeness (QED) is 0.736. The molecule has 1 unspecified atom stereocenters. The van der Waals surface area contributed by atoms with E-state index in [9.17, 15) is 19.5 Å². The second kappa shape index (κ2) is 8.31. The van der Waals surface area contributed by atoms with Crippen LogP contribution in [-0.2, 0) is 14.3 Å². The highest BCUT2D eigenvalue weighted by Crippen LogP contribution is 2.56. The van der Waals surface area contributed by atoms with Gasteiger partial charge in [-0.25, -0.2) is 14.5 Å². The zero-order chi connectivity index (χ0) is 24.1. The molecule has 2 aliphatic heterocycles. The number of amides is 3. The Labute approximate surface area is 194 Å². The van der Waals surface area contributed by atoms with E-state index in [0.29, 0.717) is 13.0 Å². The molecule has 1 aliphatic carbocycles. The Bertz CT molecular complexity index is 923. The fourth-order valence-electron chi connectivity index (χ4n) is 5.01. The molecule has 8 heteroatoms. The summed E-state index contributed by atoms with van der Waals surface area (Å²) in [7, 11) is 0. The van der Waals surface area contributed by atoms with Crippen LogP contribution in [0.15, 0.2) is 30.3 Å². The minimum atomic E-state index is -1.12.